The van der Waals surface area contributed by atoms with Crippen LogP contribution in [0.2, 0.25) is 0 Å². The van der Waals surface area contributed by atoms with Gasteiger partial charge in [-0.25, -0.2) is 4.39 Å². The first kappa shape index (κ1) is 10.8. The molecule has 0 fully saturated rings. The van der Waals surface area contributed by atoms with E-state index in [4.69, 9.17) is 10.5 Å². The molecule has 0 unspecified atom stereocenters. The molecule has 0 aliphatic rings. The number of benzene rings is 1. The molecular formula is C10H14FNO2. The second-order valence-corrected chi connectivity index (χ2v) is 3.73. The Labute approximate surface area is 82.3 Å². The SMILES string of the molecule is COc1cc(C(C)(C)N)c(F)cc1O. The molecule has 0 saturated carbocycles. The second kappa shape index (κ2) is 3.46. The van der Waals surface area contributed by atoms with Gasteiger partial charge in [-0.2, -0.15) is 0 Å². The van der Waals surface area contributed by atoms with Crippen molar-refractivity contribution in [2.45, 2.75) is 19.4 Å². The Hall–Kier alpha value is -1.29. The third-order valence-electron chi connectivity index (χ3n) is 1.96. The van der Waals surface area contributed by atoms with Crippen LogP contribution in [0.3, 0.4) is 0 Å². The van der Waals surface area contributed by atoms with E-state index >= 15 is 0 Å². The van der Waals surface area contributed by atoms with Gasteiger partial charge in [0.2, 0.25) is 0 Å². The highest BCUT2D eigenvalue weighted by Crippen LogP contribution is 2.32. The number of rotatable bonds is 2. The molecular weight excluding hydrogens is 185 g/mol. The maximum absolute atomic E-state index is 13.4. The lowest BCUT2D eigenvalue weighted by Crippen LogP contribution is -2.29. The summed E-state index contributed by atoms with van der Waals surface area (Å²) in [6.45, 7) is 3.36. The first-order chi connectivity index (χ1) is 6.36. The summed E-state index contributed by atoms with van der Waals surface area (Å²) in [5, 5.41) is 9.28. The Morgan fingerprint density at radius 1 is 1.43 bits per heavy atom. The normalized spacial score (nSPS) is 11.5. The minimum Gasteiger partial charge on any atom is -0.504 e. The average Bonchev–Trinajstić information content (AvgIpc) is 2.02. The Morgan fingerprint density at radius 3 is 2.43 bits per heavy atom. The van der Waals surface area contributed by atoms with Crippen LogP contribution in [-0.4, -0.2) is 12.2 Å². The van der Waals surface area contributed by atoms with Gasteiger partial charge in [0.15, 0.2) is 11.5 Å². The summed E-state index contributed by atoms with van der Waals surface area (Å²) in [5.41, 5.74) is 5.27. The topological polar surface area (TPSA) is 55.5 Å². The first-order valence-electron chi connectivity index (χ1n) is 4.22. The van der Waals surface area contributed by atoms with Crippen molar-refractivity contribution in [3.8, 4) is 11.5 Å². The number of ether oxygens (including phenoxy) is 1. The minimum absolute atomic E-state index is 0.222. The minimum atomic E-state index is -0.801. The zero-order valence-electron chi connectivity index (χ0n) is 8.47. The molecule has 0 heterocycles. The van der Waals surface area contributed by atoms with Crippen LogP contribution in [0.1, 0.15) is 19.4 Å². The van der Waals surface area contributed by atoms with Gasteiger partial charge in [-0.3, -0.25) is 0 Å². The standard InChI is InChI=1S/C10H14FNO2/c1-10(2,12)6-4-9(14-3)8(13)5-7(6)11/h4-5,13H,12H2,1-3H3. The van der Waals surface area contributed by atoms with Crippen LogP contribution < -0.4 is 10.5 Å². The van der Waals surface area contributed by atoms with Crippen molar-refractivity contribution in [1.29, 1.82) is 0 Å². The third-order valence-corrected chi connectivity index (χ3v) is 1.96. The van der Waals surface area contributed by atoms with E-state index < -0.39 is 11.4 Å². The lowest BCUT2D eigenvalue weighted by molar-refractivity contribution is 0.366. The zero-order valence-corrected chi connectivity index (χ0v) is 8.47. The van der Waals surface area contributed by atoms with E-state index in [9.17, 15) is 9.50 Å². The Morgan fingerprint density at radius 2 is 2.00 bits per heavy atom. The van der Waals surface area contributed by atoms with Crippen LogP contribution >= 0.6 is 0 Å². The Balaban J connectivity index is 3.32. The largest absolute Gasteiger partial charge is 0.504 e. The summed E-state index contributed by atoms with van der Waals surface area (Å²) < 4.78 is 18.2. The third kappa shape index (κ3) is 1.96. The smallest absolute Gasteiger partial charge is 0.161 e. The van der Waals surface area contributed by atoms with Gasteiger partial charge in [0.05, 0.1) is 7.11 Å². The Kier molecular flexibility index (Phi) is 2.66. The number of hydrogen-bond donors (Lipinski definition) is 2. The molecule has 3 nitrogen and oxygen atoms in total. The quantitative estimate of drug-likeness (QED) is 0.762. The zero-order chi connectivity index (χ0) is 10.9. The summed E-state index contributed by atoms with van der Waals surface area (Å²) in [5.74, 6) is -0.534. The predicted octanol–water partition coefficient (Wildman–Crippen LogP) is 1.73. The summed E-state index contributed by atoms with van der Waals surface area (Å²) in [4.78, 5) is 0. The van der Waals surface area contributed by atoms with Crippen LogP contribution in [0.25, 0.3) is 0 Å². The van der Waals surface area contributed by atoms with Gasteiger partial charge in [-0.1, -0.05) is 0 Å². The van der Waals surface area contributed by atoms with Crippen LogP contribution in [-0.2, 0) is 5.54 Å². The lowest BCUT2D eigenvalue weighted by Gasteiger charge is -2.20. The predicted molar refractivity (Wildman–Crippen MR) is 51.8 cm³/mol. The van der Waals surface area contributed by atoms with Gasteiger partial charge < -0.3 is 15.6 Å². The van der Waals surface area contributed by atoms with E-state index in [2.05, 4.69) is 0 Å². The molecule has 0 atom stereocenters. The fourth-order valence-electron chi connectivity index (χ4n) is 1.20. The monoisotopic (exact) mass is 199 g/mol. The summed E-state index contributed by atoms with van der Waals surface area (Å²) in [6, 6.07) is 2.41. The van der Waals surface area contributed by atoms with Crippen molar-refractivity contribution in [2.24, 2.45) is 5.73 Å². The molecule has 0 aliphatic carbocycles. The lowest BCUT2D eigenvalue weighted by atomic mass is 9.94. The molecule has 1 rings (SSSR count). The van der Waals surface area contributed by atoms with Crippen LogP contribution in [0, 0.1) is 5.82 Å². The van der Waals surface area contributed by atoms with E-state index in [1.807, 2.05) is 0 Å². The van der Waals surface area contributed by atoms with Crippen LogP contribution in [0.5, 0.6) is 11.5 Å². The molecule has 1 aromatic carbocycles. The van der Waals surface area contributed by atoms with Gasteiger partial charge in [0, 0.05) is 17.2 Å². The second-order valence-electron chi connectivity index (χ2n) is 3.73. The molecule has 0 aromatic heterocycles. The summed E-state index contributed by atoms with van der Waals surface area (Å²) in [7, 11) is 1.40. The fourth-order valence-corrected chi connectivity index (χ4v) is 1.20. The molecule has 0 radical (unpaired) electrons. The van der Waals surface area contributed by atoms with Crippen molar-refractivity contribution in [3.63, 3.8) is 0 Å². The van der Waals surface area contributed by atoms with E-state index in [0.29, 0.717) is 5.56 Å². The number of phenols is 1. The number of halogens is 1. The number of methoxy groups -OCH3 is 1. The van der Waals surface area contributed by atoms with Crippen LogP contribution in [0.15, 0.2) is 12.1 Å². The molecule has 1 aromatic rings. The van der Waals surface area contributed by atoms with E-state index in [0.717, 1.165) is 6.07 Å². The van der Waals surface area contributed by atoms with Gasteiger partial charge in [-0.15, -0.1) is 0 Å². The molecule has 0 amide bonds. The fraction of sp³-hybridized carbons (Fsp3) is 0.400. The van der Waals surface area contributed by atoms with Gasteiger partial charge in [-0.05, 0) is 19.9 Å². The highest BCUT2D eigenvalue weighted by molar-refractivity contribution is 5.44. The van der Waals surface area contributed by atoms with Crippen molar-refractivity contribution in [1.82, 2.24) is 0 Å². The van der Waals surface area contributed by atoms with Crippen LogP contribution in [0.4, 0.5) is 4.39 Å². The van der Waals surface area contributed by atoms with Gasteiger partial charge in [0.1, 0.15) is 5.82 Å². The molecule has 0 saturated heterocycles. The molecule has 14 heavy (non-hydrogen) atoms. The average molecular weight is 199 g/mol. The highest BCUT2D eigenvalue weighted by Gasteiger charge is 2.21. The number of aromatic hydroxyl groups is 1. The summed E-state index contributed by atoms with van der Waals surface area (Å²) in [6.07, 6.45) is 0. The van der Waals surface area contributed by atoms with Crippen molar-refractivity contribution in [3.05, 3.63) is 23.5 Å². The molecule has 4 heteroatoms. The number of nitrogens with two attached hydrogens (primary N) is 1. The maximum atomic E-state index is 13.4. The first-order valence-corrected chi connectivity index (χ1v) is 4.22. The number of hydrogen-bond acceptors (Lipinski definition) is 3. The molecule has 0 aliphatic heterocycles. The van der Waals surface area contributed by atoms with E-state index in [-0.39, 0.29) is 11.5 Å². The van der Waals surface area contributed by atoms with Gasteiger partial charge in [0.25, 0.3) is 0 Å². The van der Waals surface area contributed by atoms with Gasteiger partial charge >= 0.3 is 0 Å². The molecule has 78 valence electrons. The summed E-state index contributed by atoms with van der Waals surface area (Å²) >= 11 is 0. The van der Waals surface area contributed by atoms with Crippen molar-refractivity contribution >= 4 is 0 Å². The molecule has 3 N–H and O–H groups in total. The van der Waals surface area contributed by atoms with E-state index in [1.54, 1.807) is 13.8 Å². The number of phenolic OH excluding ortho intramolecular Hbond substituents is 1. The molecule has 0 spiro atoms. The van der Waals surface area contributed by atoms with Crippen molar-refractivity contribution in [2.75, 3.05) is 7.11 Å². The molecule has 0 bridgehead atoms. The Bertz CT molecular complexity index is 345. The maximum Gasteiger partial charge on any atom is 0.161 e. The van der Waals surface area contributed by atoms with Crippen molar-refractivity contribution < 1.29 is 14.2 Å². The van der Waals surface area contributed by atoms with E-state index in [1.165, 1.54) is 13.2 Å². The highest BCUT2D eigenvalue weighted by atomic mass is 19.1.